The van der Waals surface area contributed by atoms with E-state index in [0.29, 0.717) is 52.6 Å². The van der Waals surface area contributed by atoms with Gasteiger partial charge in [-0.25, -0.2) is 9.37 Å². The third-order valence-electron chi connectivity index (χ3n) is 7.42. The molecule has 0 spiro atoms. The molecule has 0 amide bonds. The predicted octanol–water partition coefficient (Wildman–Crippen LogP) is 2.22. The molecule has 1 aromatic carbocycles. The smallest absolute Gasteiger partial charge is 0.347 e. The first-order valence-electron chi connectivity index (χ1n) is 10.8. The lowest BCUT2D eigenvalue weighted by atomic mass is 9.82. The summed E-state index contributed by atoms with van der Waals surface area (Å²) in [5.41, 5.74) is 10.9. The summed E-state index contributed by atoms with van der Waals surface area (Å²) < 4.78 is 21.5. The third kappa shape index (κ3) is 2.28. The van der Waals surface area contributed by atoms with Crippen LogP contribution >= 0.6 is 0 Å². The van der Waals surface area contributed by atoms with Crippen molar-refractivity contribution in [2.75, 3.05) is 0 Å². The molecule has 3 aromatic rings. The molecule has 3 aliphatic rings. The quantitative estimate of drug-likeness (QED) is 0.430. The van der Waals surface area contributed by atoms with E-state index < -0.39 is 13.9 Å². The van der Waals surface area contributed by atoms with Crippen LogP contribution in [0.5, 0.6) is 0 Å². The molecule has 2 aromatic heterocycles. The molecule has 6 rings (SSSR count). The zero-order valence-electron chi connectivity index (χ0n) is 17.8. The van der Waals surface area contributed by atoms with E-state index in [0.717, 1.165) is 22.1 Å². The van der Waals surface area contributed by atoms with Crippen LogP contribution in [0.2, 0.25) is 6.04 Å². The summed E-state index contributed by atoms with van der Waals surface area (Å²) in [7, 11) is -3.62. The summed E-state index contributed by atoms with van der Waals surface area (Å²) in [6, 6.07) is 3.13. The Bertz CT molecular complexity index is 1450. The lowest BCUT2D eigenvalue weighted by molar-refractivity contribution is 0.156. The van der Waals surface area contributed by atoms with Gasteiger partial charge in [0.1, 0.15) is 12.4 Å². The number of fused-ring (bicyclic) bond motifs is 5. The monoisotopic (exact) mass is 451 g/mol. The van der Waals surface area contributed by atoms with Gasteiger partial charge in [0.15, 0.2) is 0 Å². The maximum absolute atomic E-state index is 14.7. The summed E-state index contributed by atoms with van der Waals surface area (Å²) >= 11 is 0. The number of cyclic esters (lactones) is 1. The number of aryl methyl sites for hydroxylation is 1. The number of aromatic nitrogens is 2. The Morgan fingerprint density at radius 2 is 2.09 bits per heavy atom. The summed E-state index contributed by atoms with van der Waals surface area (Å²) in [5, 5.41) is 1.29. The normalized spacial score (nSPS) is 23.0. The van der Waals surface area contributed by atoms with Gasteiger partial charge in [-0.05, 0) is 53.8 Å². The van der Waals surface area contributed by atoms with Gasteiger partial charge in [-0.15, -0.1) is 0 Å². The van der Waals surface area contributed by atoms with Crippen molar-refractivity contribution in [1.29, 1.82) is 0 Å². The molecule has 3 N–H and O–H groups in total. The van der Waals surface area contributed by atoms with E-state index in [9.17, 15) is 18.8 Å². The Balaban J connectivity index is 1.70. The molecule has 2 atom stereocenters. The number of hydrogen-bond acceptors (Lipinski definition) is 6. The van der Waals surface area contributed by atoms with Crippen molar-refractivity contribution in [2.24, 2.45) is 5.73 Å². The average Bonchev–Trinajstić information content (AvgIpc) is 3.14. The van der Waals surface area contributed by atoms with Crippen molar-refractivity contribution in [1.82, 2.24) is 9.55 Å². The highest BCUT2D eigenvalue weighted by molar-refractivity contribution is 7.09. The van der Waals surface area contributed by atoms with Gasteiger partial charge in [0.05, 0.1) is 29.0 Å². The number of rotatable bonds is 1. The summed E-state index contributed by atoms with van der Waals surface area (Å²) in [5.74, 6) is -0.308. The highest BCUT2D eigenvalue weighted by Crippen LogP contribution is 2.43. The van der Waals surface area contributed by atoms with E-state index in [1.54, 1.807) is 24.5 Å². The SMILES string of the molecule is CC[Si@@]1(O)C(=O)OCc2c1cc1n(c2=O)Cc2c-1nc1cc(F)c(C)c3c1c2[C@H](N)CC3. The molecule has 0 radical (unpaired) electrons. The number of nitrogens with zero attached hydrogens (tertiary/aromatic N) is 2. The number of pyridine rings is 2. The average molecular weight is 452 g/mol. The molecule has 7 nitrogen and oxygen atoms in total. The largest absolute Gasteiger partial charge is 0.463 e. The molecule has 0 fully saturated rings. The van der Waals surface area contributed by atoms with E-state index in [4.69, 9.17) is 15.5 Å². The summed E-state index contributed by atoms with van der Waals surface area (Å²) in [4.78, 5) is 41.8. The van der Waals surface area contributed by atoms with Crippen LogP contribution in [-0.4, -0.2) is 28.3 Å². The second kappa shape index (κ2) is 6.34. The van der Waals surface area contributed by atoms with Gasteiger partial charge in [-0.1, -0.05) is 6.92 Å². The van der Waals surface area contributed by atoms with Gasteiger partial charge >= 0.3 is 13.9 Å². The van der Waals surface area contributed by atoms with Crippen molar-refractivity contribution >= 4 is 30.0 Å². The summed E-state index contributed by atoms with van der Waals surface area (Å²) in [6.07, 6.45) is 1.37. The Hall–Kier alpha value is -2.88. The molecular formula is C23H22FN3O4Si. The van der Waals surface area contributed by atoms with E-state index >= 15 is 0 Å². The van der Waals surface area contributed by atoms with Gasteiger partial charge in [-0.2, -0.15) is 0 Å². The van der Waals surface area contributed by atoms with E-state index in [1.807, 2.05) is 0 Å². The van der Waals surface area contributed by atoms with Gasteiger partial charge in [-0.3, -0.25) is 9.59 Å². The molecular weight excluding hydrogens is 429 g/mol. The highest BCUT2D eigenvalue weighted by atomic mass is 28.4. The second-order valence-electron chi connectivity index (χ2n) is 8.96. The molecule has 4 heterocycles. The zero-order chi connectivity index (χ0) is 22.5. The lowest BCUT2D eigenvalue weighted by Crippen LogP contribution is -2.61. The Kier molecular flexibility index (Phi) is 3.92. The van der Waals surface area contributed by atoms with Crippen molar-refractivity contribution in [3.8, 4) is 11.4 Å². The number of halogens is 1. The van der Waals surface area contributed by atoms with Crippen molar-refractivity contribution < 1.29 is 18.7 Å². The first-order valence-corrected chi connectivity index (χ1v) is 13.0. The maximum atomic E-state index is 14.7. The van der Waals surface area contributed by atoms with Crippen molar-refractivity contribution in [2.45, 2.75) is 51.9 Å². The van der Waals surface area contributed by atoms with Crippen LogP contribution in [0.15, 0.2) is 16.9 Å². The predicted molar refractivity (Wildman–Crippen MR) is 119 cm³/mol. The van der Waals surface area contributed by atoms with Gasteiger partial charge in [0, 0.05) is 23.1 Å². The fourth-order valence-corrected chi connectivity index (χ4v) is 7.84. The minimum absolute atomic E-state index is 0.144. The number of carbonyl (C=O) groups excluding carboxylic acids is 1. The molecule has 0 bridgehead atoms. The van der Waals surface area contributed by atoms with Gasteiger partial charge < -0.3 is 19.8 Å². The van der Waals surface area contributed by atoms with Crippen LogP contribution in [0.25, 0.3) is 22.3 Å². The minimum atomic E-state index is -3.62. The van der Waals surface area contributed by atoms with Crippen LogP contribution in [0.3, 0.4) is 0 Å². The van der Waals surface area contributed by atoms with Crippen LogP contribution < -0.4 is 16.5 Å². The second-order valence-corrected chi connectivity index (χ2v) is 12.3. The first-order chi connectivity index (χ1) is 15.3. The lowest BCUT2D eigenvalue weighted by Gasteiger charge is -2.29. The topological polar surface area (TPSA) is 107 Å². The highest BCUT2D eigenvalue weighted by Gasteiger charge is 2.49. The number of nitrogens with two attached hydrogens (primary N) is 1. The molecule has 0 unspecified atom stereocenters. The fraction of sp³-hybridized carbons (Fsp3) is 0.348. The molecule has 2 aliphatic heterocycles. The summed E-state index contributed by atoms with van der Waals surface area (Å²) in [6.45, 7) is 3.66. The Labute approximate surface area is 183 Å². The molecule has 164 valence electrons. The first kappa shape index (κ1) is 19.8. The minimum Gasteiger partial charge on any atom is -0.463 e. The third-order valence-corrected chi connectivity index (χ3v) is 10.6. The van der Waals surface area contributed by atoms with Crippen molar-refractivity contribution in [3.05, 3.63) is 56.1 Å². The molecule has 0 saturated carbocycles. The van der Waals surface area contributed by atoms with Gasteiger partial charge in [0.25, 0.3) is 5.56 Å². The number of ether oxygens (including phenoxy) is 1. The Morgan fingerprint density at radius 3 is 2.84 bits per heavy atom. The molecule has 0 saturated heterocycles. The van der Waals surface area contributed by atoms with Crippen LogP contribution in [0, 0.1) is 12.7 Å². The Morgan fingerprint density at radius 1 is 1.31 bits per heavy atom. The van der Waals surface area contributed by atoms with Crippen LogP contribution in [0.1, 0.15) is 47.2 Å². The van der Waals surface area contributed by atoms with Crippen LogP contribution in [0.4, 0.5) is 9.18 Å². The van der Waals surface area contributed by atoms with Crippen molar-refractivity contribution in [3.63, 3.8) is 0 Å². The van der Waals surface area contributed by atoms with Gasteiger partial charge in [0.2, 0.25) is 0 Å². The number of carbonyl (C=O) groups is 1. The van der Waals surface area contributed by atoms with E-state index in [-0.39, 0.29) is 30.1 Å². The zero-order valence-corrected chi connectivity index (χ0v) is 18.8. The molecule has 32 heavy (non-hydrogen) atoms. The van der Waals surface area contributed by atoms with E-state index in [1.165, 1.54) is 6.07 Å². The maximum Gasteiger partial charge on any atom is 0.347 e. The number of hydrogen-bond donors (Lipinski definition) is 2. The fourth-order valence-electron chi connectivity index (χ4n) is 5.59. The molecule has 9 heteroatoms. The molecule has 1 aliphatic carbocycles. The van der Waals surface area contributed by atoms with Crippen LogP contribution in [-0.2, 0) is 24.3 Å². The standard InChI is InChI=1S/C23H22FN3O4Si/c1-3-32(30)18-7-17-21-12(8-27(17)22(28)13(18)9-31-23(32)29)19-15(25)5-4-11-10(2)14(24)6-16(26-21)20(11)19/h6-7,15,30H,3-5,8-9,25H2,1-2H3/t15-,32+/m1/s1. The number of benzene rings is 1. The van der Waals surface area contributed by atoms with E-state index in [2.05, 4.69) is 0 Å².